The van der Waals surface area contributed by atoms with Gasteiger partial charge in [-0.3, -0.25) is 14.7 Å². The van der Waals surface area contributed by atoms with Gasteiger partial charge in [0.05, 0.1) is 16.9 Å². The molecule has 1 saturated heterocycles. The summed E-state index contributed by atoms with van der Waals surface area (Å²) in [5.74, 6) is 0.239. The van der Waals surface area contributed by atoms with Crippen LogP contribution < -0.4 is 16.0 Å². The third-order valence-corrected chi connectivity index (χ3v) is 5.37. The Balaban J connectivity index is 1.69. The van der Waals surface area contributed by atoms with Crippen LogP contribution in [0.4, 0.5) is 11.4 Å². The van der Waals surface area contributed by atoms with E-state index >= 15 is 0 Å². The smallest absolute Gasteiger partial charge is 0.256 e. The molecule has 1 aromatic heterocycles. The Morgan fingerprint density at radius 1 is 1.23 bits per heavy atom. The highest BCUT2D eigenvalue weighted by Crippen LogP contribution is 2.32. The molecule has 4 N–H and O–H groups in total. The maximum absolute atomic E-state index is 13.2. The van der Waals surface area contributed by atoms with E-state index in [-0.39, 0.29) is 5.91 Å². The number of hydrogen-bond acceptors (Lipinski definition) is 5. The van der Waals surface area contributed by atoms with Gasteiger partial charge in [-0.05, 0) is 43.0 Å². The molecule has 0 bridgehead atoms. The number of nitrogens with zero attached hydrogens (tertiary/aromatic N) is 3. The topological polar surface area (TPSA) is 117 Å². The molecule has 30 heavy (non-hydrogen) atoms. The minimum absolute atomic E-state index is 0.296. The lowest BCUT2D eigenvalue weighted by molar-refractivity contribution is 0.0996. The van der Waals surface area contributed by atoms with Crippen molar-refractivity contribution in [2.24, 2.45) is 11.7 Å². The van der Waals surface area contributed by atoms with Gasteiger partial charge in [0.2, 0.25) is 5.91 Å². The number of carbonyl (C=O) groups is 2. The van der Waals surface area contributed by atoms with E-state index in [1.807, 2.05) is 18.2 Å². The van der Waals surface area contributed by atoms with Crippen LogP contribution in [0.5, 0.6) is 0 Å². The third kappa shape index (κ3) is 4.03. The minimum atomic E-state index is -0.536. The van der Waals surface area contributed by atoms with E-state index in [2.05, 4.69) is 32.3 Å². The van der Waals surface area contributed by atoms with E-state index in [0.717, 1.165) is 25.2 Å². The van der Waals surface area contributed by atoms with Crippen molar-refractivity contribution in [1.82, 2.24) is 15.2 Å². The zero-order valence-corrected chi connectivity index (χ0v) is 16.8. The molecule has 2 heterocycles. The molecule has 0 radical (unpaired) electrons. The highest BCUT2D eigenvalue weighted by molar-refractivity contribution is 6.10. The zero-order valence-electron chi connectivity index (χ0n) is 16.8. The fourth-order valence-electron chi connectivity index (χ4n) is 3.89. The van der Waals surface area contributed by atoms with Crippen molar-refractivity contribution in [2.45, 2.75) is 19.8 Å². The average molecular weight is 404 g/mol. The molecule has 0 aliphatic carbocycles. The summed E-state index contributed by atoms with van der Waals surface area (Å²) in [5, 5.41) is 9.65. The van der Waals surface area contributed by atoms with Crippen molar-refractivity contribution in [3.05, 3.63) is 59.9 Å². The first-order valence-corrected chi connectivity index (χ1v) is 9.98. The number of rotatable bonds is 5. The quantitative estimate of drug-likeness (QED) is 0.604. The summed E-state index contributed by atoms with van der Waals surface area (Å²) in [4.78, 5) is 31.3. The molecule has 0 spiro atoms. The lowest BCUT2D eigenvalue weighted by atomic mass is 9.99. The molecule has 0 saturated carbocycles. The second-order valence-electron chi connectivity index (χ2n) is 7.62. The van der Waals surface area contributed by atoms with Gasteiger partial charge in [-0.1, -0.05) is 25.1 Å². The number of nitrogens with two attached hydrogens (primary N) is 1. The zero-order chi connectivity index (χ0) is 21.1. The van der Waals surface area contributed by atoms with E-state index in [1.165, 1.54) is 12.7 Å². The van der Waals surface area contributed by atoms with E-state index in [9.17, 15) is 9.59 Å². The van der Waals surface area contributed by atoms with E-state index in [4.69, 9.17) is 5.73 Å². The van der Waals surface area contributed by atoms with Gasteiger partial charge in [0.15, 0.2) is 5.82 Å². The Hall–Kier alpha value is -3.68. The highest BCUT2D eigenvalue weighted by atomic mass is 16.2. The van der Waals surface area contributed by atoms with Crippen LogP contribution in [-0.4, -0.2) is 40.1 Å². The number of aromatic nitrogens is 3. The van der Waals surface area contributed by atoms with Crippen molar-refractivity contribution in [3.63, 3.8) is 0 Å². The van der Waals surface area contributed by atoms with E-state index in [1.54, 1.807) is 24.3 Å². The van der Waals surface area contributed by atoms with Crippen LogP contribution in [0.2, 0.25) is 0 Å². The Labute approximate surface area is 174 Å². The Bertz CT molecular complexity index is 1060. The van der Waals surface area contributed by atoms with Crippen LogP contribution in [-0.2, 0) is 0 Å². The van der Waals surface area contributed by atoms with Crippen LogP contribution in [0.3, 0.4) is 0 Å². The van der Waals surface area contributed by atoms with Gasteiger partial charge in [-0.25, -0.2) is 4.98 Å². The standard InChI is InChI=1S/C22H24N6O2/c1-14-5-4-10-28(12-14)19-9-8-15(20(23)29)11-18(19)26-22(30)17-7-3-2-6-16(17)21-24-13-25-27-21/h2-3,6-9,11,13-14H,4-5,10,12H2,1H3,(H2,23,29)(H,26,30)(H,24,25,27)/t14-/m0/s1. The maximum Gasteiger partial charge on any atom is 0.256 e. The Morgan fingerprint density at radius 3 is 2.80 bits per heavy atom. The van der Waals surface area contributed by atoms with Crippen molar-refractivity contribution < 1.29 is 9.59 Å². The van der Waals surface area contributed by atoms with Gasteiger partial charge in [-0.15, -0.1) is 0 Å². The van der Waals surface area contributed by atoms with E-state index in [0.29, 0.717) is 34.1 Å². The van der Waals surface area contributed by atoms with Crippen LogP contribution in [0, 0.1) is 5.92 Å². The van der Waals surface area contributed by atoms with Crippen LogP contribution in [0.1, 0.15) is 40.5 Å². The first-order valence-electron chi connectivity index (χ1n) is 9.98. The molecule has 1 aliphatic heterocycles. The lowest BCUT2D eigenvalue weighted by Gasteiger charge is -2.34. The number of benzene rings is 2. The van der Waals surface area contributed by atoms with Gasteiger partial charge in [0.1, 0.15) is 6.33 Å². The SMILES string of the molecule is C[C@H]1CCCN(c2ccc(C(N)=O)cc2NC(=O)c2ccccc2-c2ncn[nH]2)C1. The number of H-pyrrole nitrogens is 1. The summed E-state index contributed by atoms with van der Waals surface area (Å²) < 4.78 is 0. The summed E-state index contributed by atoms with van der Waals surface area (Å²) in [6.07, 6.45) is 3.67. The number of nitrogens with one attached hydrogen (secondary N) is 2. The molecular weight excluding hydrogens is 380 g/mol. The summed E-state index contributed by atoms with van der Waals surface area (Å²) in [5.41, 5.74) is 8.38. The Morgan fingerprint density at radius 2 is 2.07 bits per heavy atom. The predicted octanol–water partition coefficient (Wildman–Crippen LogP) is 3.06. The second kappa shape index (κ2) is 8.36. The second-order valence-corrected chi connectivity index (χ2v) is 7.62. The third-order valence-electron chi connectivity index (χ3n) is 5.37. The van der Waals surface area contributed by atoms with Crippen LogP contribution >= 0.6 is 0 Å². The summed E-state index contributed by atoms with van der Waals surface area (Å²) in [7, 11) is 0. The Kier molecular flexibility index (Phi) is 5.47. The molecule has 2 amide bonds. The van der Waals surface area contributed by atoms with Crippen LogP contribution in [0.15, 0.2) is 48.8 Å². The molecular formula is C22H24N6O2. The molecule has 1 aliphatic rings. The molecule has 154 valence electrons. The fraction of sp³-hybridized carbons (Fsp3) is 0.273. The number of hydrogen-bond donors (Lipinski definition) is 3. The van der Waals surface area contributed by atoms with Gasteiger partial charge >= 0.3 is 0 Å². The molecule has 8 nitrogen and oxygen atoms in total. The summed E-state index contributed by atoms with van der Waals surface area (Å²) in [6.45, 7) is 4.01. The summed E-state index contributed by atoms with van der Waals surface area (Å²) in [6, 6.07) is 12.4. The molecule has 1 atom stereocenters. The van der Waals surface area contributed by atoms with Crippen molar-refractivity contribution >= 4 is 23.2 Å². The first-order chi connectivity index (χ1) is 14.5. The maximum atomic E-state index is 13.2. The molecule has 4 rings (SSSR count). The fourth-order valence-corrected chi connectivity index (χ4v) is 3.89. The molecule has 1 fully saturated rings. The van der Waals surface area contributed by atoms with Crippen LogP contribution in [0.25, 0.3) is 11.4 Å². The van der Waals surface area contributed by atoms with Gasteiger partial charge in [-0.2, -0.15) is 5.10 Å². The number of carbonyl (C=O) groups excluding carboxylic acids is 2. The molecule has 3 aromatic rings. The van der Waals surface area contributed by atoms with Crippen molar-refractivity contribution in [2.75, 3.05) is 23.3 Å². The molecule has 2 aromatic carbocycles. The van der Waals surface area contributed by atoms with Gasteiger partial charge in [0, 0.05) is 24.2 Å². The lowest BCUT2D eigenvalue weighted by Crippen LogP contribution is -2.35. The number of anilines is 2. The average Bonchev–Trinajstić information content (AvgIpc) is 3.28. The normalized spacial score (nSPS) is 16.3. The van der Waals surface area contributed by atoms with Crippen molar-refractivity contribution in [3.8, 4) is 11.4 Å². The summed E-state index contributed by atoms with van der Waals surface area (Å²) >= 11 is 0. The van der Waals surface area contributed by atoms with E-state index < -0.39 is 5.91 Å². The van der Waals surface area contributed by atoms with Gasteiger partial charge in [0.25, 0.3) is 5.91 Å². The number of aromatic amines is 1. The minimum Gasteiger partial charge on any atom is -0.370 e. The number of primary amides is 1. The first kappa shape index (κ1) is 19.6. The predicted molar refractivity (Wildman–Crippen MR) is 115 cm³/mol. The van der Waals surface area contributed by atoms with Crippen molar-refractivity contribution in [1.29, 1.82) is 0 Å². The number of piperidine rings is 1. The van der Waals surface area contributed by atoms with Gasteiger partial charge < -0.3 is 16.0 Å². The molecule has 0 unspecified atom stereocenters. The monoisotopic (exact) mass is 404 g/mol. The molecule has 8 heteroatoms. The highest BCUT2D eigenvalue weighted by Gasteiger charge is 2.22. The largest absolute Gasteiger partial charge is 0.370 e. The number of amides is 2.